The number of ether oxygens (including phenoxy) is 5. The number of piperidine rings is 1. The number of likely N-dealkylation sites (tertiary alicyclic amines) is 1. The summed E-state index contributed by atoms with van der Waals surface area (Å²) in [5, 5.41) is 0. The molecule has 0 atom stereocenters. The third-order valence-electron chi connectivity index (χ3n) is 7.26. The van der Waals surface area contributed by atoms with Gasteiger partial charge in [-0.2, -0.15) is 0 Å². The Balaban J connectivity index is 1.40. The molecule has 0 aromatic heterocycles. The lowest BCUT2D eigenvalue weighted by molar-refractivity contribution is 0.174. The molecule has 0 radical (unpaired) electrons. The molecule has 9 nitrogen and oxygen atoms in total. The number of methoxy groups -OCH3 is 3. The van der Waals surface area contributed by atoms with Gasteiger partial charge in [0, 0.05) is 37.3 Å². The molecule has 0 amide bonds. The van der Waals surface area contributed by atoms with Crippen LogP contribution in [-0.4, -0.2) is 60.6 Å². The standard InChI is InChI=1S/C29H34N2O7S/c1-20-5-9-24(10-6-20)39(32,33)31(23-8-12-25-27(17-23)38-19-37-25)22-13-15-30(16-14-22)18-21-7-11-26(34-2)29(36-4)28(21)35-3/h5-12,17,22H,13-16,18-19H2,1-4H3. The lowest BCUT2D eigenvalue weighted by Gasteiger charge is -2.39. The van der Waals surface area contributed by atoms with Gasteiger partial charge in [0.25, 0.3) is 10.0 Å². The van der Waals surface area contributed by atoms with Crippen LogP contribution in [0.1, 0.15) is 24.0 Å². The van der Waals surface area contributed by atoms with Gasteiger partial charge in [-0.3, -0.25) is 9.21 Å². The highest BCUT2D eigenvalue weighted by Crippen LogP contribution is 2.41. The van der Waals surface area contributed by atoms with Crippen LogP contribution in [-0.2, 0) is 16.6 Å². The molecule has 5 rings (SSSR count). The summed E-state index contributed by atoms with van der Waals surface area (Å²) in [6.45, 7) is 4.14. The highest BCUT2D eigenvalue weighted by atomic mass is 32.2. The molecule has 0 aliphatic carbocycles. The van der Waals surface area contributed by atoms with E-state index in [1.807, 2.05) is 31.2 Å². The molecule has 10 heteroatoms. The van der Waals surface area contributed by atoms with Crippen molar-refractivity contribution in [2.45, 2.75) is 37.2 Å². The zero-order valence-electron chi connectivity index (χ0n) is 22.7. The summed E-state index contributed by atoms with van der Waals surface area (Å²) >= 11 is 0. The minimum Gasteiger partial charge on any atom is -0.493 e. The Labute approximate surface area is 229 Å². The average molecular weight is 555 g/mol. The van der Waals surface area contributed by atoms with Gasteiger partial charge in [0.1, 0.15) is 0 Å². The first-order valence-corrected chi connectivity index (χ1v) is 14.3. The summed E-state index contributed by atoms with van der Waals surface area (Å²) in [5.74, 6) is 2.98. The Bertz CT molecular complexity index is 1420. The predicted molar refractivity (Wildman–Crippen MR) is 148 cm³/mol. The van der Waals surface area contributed by atoms with E-state index < -0.39 is 10.0 Å². The van der Waals surface area contributed by atoms with Gasteiger partial charge in [0.2, 0.25) is 12.5 Å². The van der Waals surface area contributed by atoms with E-state index in [-0.39, 0.29) is 17.7 Å². The lowest BCUT2D eigenvalue weighted by Crippen LogP contribution is -2.47. The first-order chi connectivity index (χ1) is 18.8. The number of benzene rings is 3. The number of anilines is 1. The van der Waals surface area contributed by atoms with Crippen LogP contribution >= 0.6 is 0 Å². The van der Waals surface area contributed by atoms with E-state index in [2.05, 4.69) is 4.90 Å². The number of hydrogen-bond acceptors (Lipinski definition) is 8. The maximum absolute atomic E-state index is 14.0. The van der Waals surface area contributed by atoms with Gasteiger partial charge in [0.15, 0.2) is 23.0 Å². The van der Waals surface area contributed by atoms with Gasteiger partial charge in [-0.15, -0.1) is 0 Å². The first-order valence-electron chi connectivity index (χ1n) is 12.9. The van der Waals surface area contributed by atoms with E-state index >= 15 is 0 Å². The predicted octanol–water partition coefficient (Wildman–Crippen LogP) is 4.61. The van der Waals surface area contributed by atoms with Crippen molar-refractivity contribution in [3.8, 4) is 28.7 Å². The monoisotopic (exact) mass is 554 g/mol. The normalized spacial score (nSPS) is 15.7. The molecule has 0 N–H and O–H groups in total. The van der Waals surface area contributed by atoms with Crippen molar-refractivity contribution < 1.29 is 32.1 Å². The minimum atomic E-state index is -3.82. The average Bonchev–Trinajstić information content (AvgIpc) is 3.42. The summed E-state index contributed by atoms with van der Waals surface area (Å²) in [6, 6.07) is 15.9. The molecule has 39 heavy (non-hydrogen) atoms. The summed E-state index contributed by atoms with van der Waals surface area (Å²) in [5.41, 5.74) is 2.55. The van der Waals surface area contributed by atoms with Gasteiger partial charge in [-0.25, -0.2) is 8.42 Å². The number of rotatable bonds is 9. The Kier molecular flexibility index (Phi) is 7.76. The molecule has 1 fully saturated rings. The Morgan fingerprint density at radius 1 is 0.872 bits per heavy atom. The molecular weight excluding hydrogens is 520 g/mol. The van der Waals surface area contributed by atoms with Gasteiger partial charge in [0.05, 0.1) is 31.9 Å². The van der Waals surface area contributed by atoms with Crippen molar-refractivity contribution >= 4 is 15.7 Å². The second-order valence-corrected chi connectivity index (χ2v) is 11.5. The molecule has 0 unspecified atom stereocenters. The first kappa shape index (κ1) is 27.0. The lowest BCUT2D eigenvalue weighted by atomic mass is 10.0. The molecule has 3 aromatic rings. The fourth-order valence-corrected chi connectivity index (χ4v) is 6.93. The van der Waals surface area contributed by atoms with Crippen LogP contribution in [0.5, 0.6) is 28.7 Å². The third kappa shape index (κ3) is 5.31. The topological polar surface area (TPSA) is 86.8 Å². The van der Waals surface area contributed by atoms with Crippen molar-refractivity contribution in [3.05, 3.63) is 65.7 Å². The SMILES string of the molecule is COc1ccc(CN2CCC(N(c3ccc4c(c3)OCO4)S(=O)(=O)c3ccc(C)cc3)CC2)c(OC)c1OC. The second kappa shape index (κ2) is 11.2. The van der Waals surface area contributed by atoms with Gasteiger partial charge < -0.3 is 23.7 Å². The summed E-state index contributed by atoms with van der Waals surface area (Å²) in [4.78, 5) is 2.57. The molecule has 2 heterocycles. The minimum absolute atomic E-state index is 0.126. The van der Waals surface area contributed by atoms with Crippen LogP contribution < -0.4 is 28.0 Å². The van der Waals surface area contributed by atoms with E-state index in [1.165, 1.54) is 0 Å². The Morgan fingerprint density at radius 3 is 2.23 bits per heavy atom. The summed E-state index contributed by atoms with van der Waals surface area (Å²) < 4.78 is 57.3. The van der Waals surface area contributed by atoms with E-state index in [1.54, 1.807) is 56.0 Å². The molecule has 1 saturated heterocycles. The highest BCUT2D eigenvalue weighted by molar-refractivity contribution is 7.92. The highest BCUT2D eigenvalue weighted by Gasteiger charge is 2.35. The molecule has 3 aromatic carbocycles. The second-order valence-electron chi connectivity index (χ2n) is 9.65. The fraction of sp³-hybridized carbons (Fsp3) is 0.379. The van der Waals surface area contributed by atoms with E-state index in [0.717, 1.165) is 11.1 Å². The third-order valence-corrected chi connectivity index (χ3v) is 9.15. The fourth-order valence-electron chi connectivity index (χ4n) is 5.23. The van der Waals surface area contributed by atoms with Gasteiger partial charge in [-0.1, -0.05) is 23.8 Å². The van der Waals surface area contributed by atoms with Crippen LogP contribution in [0.15, 0.2) is 59.5 Å². The summed E-state index contributed by atoms with van der Waals surface area (Å²) in [7, 11) is 0.981. The maximum atomic E-state index is 14.0. The van der Waals surface area contributed by atoms with E-state index in [0.29, 0.717) is 66.9 Å². The van der Waals surface area contributed by atoms with Crippen molar-refractivity contribution in [2.75, 3.05) is 45.5 Å². The Morgan fingerprint density at radius 2 is 1.56 bits per heavy atom. The van der Waals surface area contributed by atoms with Gasteiger partial charge >= 0.3 is 0 Å². The maximum Gasteiger partial charge on any atom is 0.264 e. The van der Waals surface area contributed by atoms with Crippen molar-refractivity contribution in [2.24, 2.45) is 0 Å². The van der Waals surface area contributed by atoms with E-state index in [4.69, 9.17) is 23.7 Å². The van der Waals surface area contributed by atoms with Crippen molar-refractivity contribution in [1.82, 2.24) is 4.90 Å². The number of sulfonamides is 1. The number of hydrogen-bond donors (Lipinski definition) is 0. The van der Waals surface area contributed by atoms with Crippen LogP contribution in [0.4, 0.5) is 5.69 Å². The largest absolute Gasteiger partial charge is 0.493 e. The number of nitrogens with zero attached hydrogens (tertiary/aromatic N) is 2. The molecular formula is C29H34N2O7S. The van der Waals surface area contributed by atoms with Crippen LogP contribution in [0.3, 0.4) is 0 Å². The molecule has 0 spiro atoms. The van der Waals surface area contributed by atoms with Crippen LogP contribution in [0, 0.1) is 6.92 Å². The van der Waals surface area contributed by atoms with Crippen molar-refractivity contribution in [1.29, 1.82) is 0 Å². The Hall–Kier alpha value is -3.63. The molecule has 208 valence electrons. The number of fused-ring (bicyclic) bond motifs is 1. The molecule has 0 bridgehead atoms. The summed E-state index contributed by atoms with van der Waals surface area (Å²) in [6.07, 6.45) is 1.32. The quantitative estimate of drug-likeness (QED) is 0.379. The van der Waals surface area contributed by atoms with Crippen LogP contribution in [0.25, 0.3) is 0 Å². The zero-order chi connectivity index (χ0) is 27.6. The zero-order valence-corrected chi connectivity index (χ0v) is 23.5. The van der Waals surface area contributed by atoms with Gasteiger partial charge in [-0.05, 0) is 50.1 Å². The number of aryl methyl sites for hydroxylation is 1. The van der Waals surface area contributed by atoms with E-state index in [9.17, 15) is 8.42 Å². The molecule has 2 aliphatic rings. The smallest absolute Gasteiger partial charge is 0.264 e. The molecule has 0 saturated carbocycles. The van der Waals surface area contributed by atoms with Crippen LogP contribution in [0.2, 0.25) is 0 Å². The molecule has 2 aliphatic heterocycles. The van der Waals surface area contributed by atoms with Crippen molar-refractivity contribution in [3.63, 3.8) is 0 Å².